The molecule has 1 aliphatic heterocycles. The van der Waals surface area contributed by atoms with Gasteiger partial charge in [-0.3, -0.25) is 10.4 Å². The standard InChI is InChI=1S/C25H21ClN6O3/c26-19-11-17(10-18-13-28-32-21(18)19)23-22(16-4-2-1-3-5-16)30-24(20(12-27)29-23)31-25(33)35-14-15-6-8-34-9-7-15/h1-5,10-11,13,15H,6-9,14H2,(H,28,32)(H,30,31,33). The fourth-order valence-electron chi connectivity index (χ4n) is 3.99. The third kappa shape index (κ3) is 4.94. The quantitative estimate of drug-likeness (QED) is 0.396. The van der Waals surface area contributed by atoms with E-state index in [4.69, 9.17) is 21.1 Å². The molecule has 2 aromatic heterocycles. The SMILES string of the molecule is N#Cc1nc(-c2cc(Cl)c3[nH]ncc3c2)c(-c2ccccc2)nc1NC(=O)OCC1CCOCC1. The van der Waals surface area contributed by atoms with Gasteiger partial charge in [-0.05, 0) is 30.9 Å². The van der Waals surface area contributed by atoms with Gasteiger partial charge < -0.3 is 9.47 Å². The molecule has 4 aromatic rings. The lowest BCUT2D eigenvalue weighted by Crippen LogP contribution is -2.24. The zero-order valence-corrected chi connectivity index (χ0v) is 19.4. The fraction of sp³-hybridized carbons (Fsp3) is 0.240. The average molecular weight is 489 g/mol. The summed E-state index contributed by atoms with van der Waals surface area (Å²) < 4.78 is 10.7. The number of amides is 1. The zero-order valence-electron chi connectivity index (χ0n) is 18.6. The van der Waals surface area contributed by atoms with E-state index in [1.54, 1.807) is 12.3 Å². The molecular formula is C25H21ClN6O3. The number of fused-ring (bicyclic) bond motifs is 1. The predicted octanol–water partition coefficient (Wildman–Crippen LogP) is 5.19. The van der Waals surface area contributed by atoms with Gasteiger partial charge in [-0.2, -0.15) is 10.4 Å². The van der Waals surface area contributed by atoms with Gasteiger partial charge in [-0.15, -0.1) is 0 Å². The summed E-state index contributed by atoms with van der Waals surface area (Å²) in [4.78, 5) is 21.7. The topological polar surface area (TPSA) is 126 Å². The van der Waals surface area contributed by atoms with Gasteiger partial charge in [-0.1, -0.05) is 41.9 Å². The van der Waals surface area contributed by atoms with Crippen molar-refractivity contribution >= 4 is 34.4 Å². The number of carbonyl (C=O) groups excluding carboxylic acids is 1. The molecule has 35 heavy (non-hydrogen) atoms. The smallest absolute Gasteiger partial charge is 0.412 e. The maximum Gasteiger partial charge on any atom is 0.412 e. The van der Waals surface area contributed by atoms with Crippen LogP contribution in [0.2, 0.25) is 5.02 Å². The highest BCUT2D eigenvalue weighted by atomic mass is 35.5. The third-order valence-corrected chi connectivity index (χ3v) is 6.13. The molecule has 1 fully saturated rings. The molecule has 2 N–H and O–H groups in total. The van der Waals surface area contributed by atoms with Crippen molar-refractivity contribution in [2.75, 3.05) is 25.1 Å². The number of aromatic nitrogens is 4. The maximum absolute atomic E-state index is 12.5. The first-order valence-electron chi connectivity index (χ1n) is 11.1. The van der Waals surface area contributed by atoms with E-state index in [9.17, 15) is 10.1 Å². The van der Waals surface area contributed by atoms with Crippen LogP contribution in [0.15, 0.2) is 48.7 Å². The second-order valence-corrected chi connectivity index (χ2v) is 8.57. The number of H-pyrrole nitrogens is 1. The lowest BCUT2D eigenvalue weighted by Gasteiger charge is -2.21. The Balaban J connectivity index is 1.51. The zero-order chi connectivity index (χ0) is 24.2. The number of ether oxygens (including phenoxy) is 2. The normalized spacial score (nSPS) is 13.9. The average Bonchev–Trinajstić information content (AvgIpc) is 3.38. The summed E-state index contributed by atoms with van der Waals surface area (Å²) in [5.41, 5.74) is 3.05. The molecule has 10 heteroatoms. The van der Waals surface area contributed by atoms with E-state index in [2.05, 4.69) is 25.5 Å². The number of rotatable bonds is 5. The van der Waals surface area contributed by atoms with Crippen molar-refractivity contribution in [1.82, 2.24) is 20.2 Å². The minimum atomic E-state index is -0.683. The molecule has 0 unspecified atom stereocenters. The van der Waals surface area contributed by atoms with Gasteiger partial charge in [-0.25, -0.2) is 14.8 Å². The largest absolute Gasteiger partial charge is 0.449 e. The summed E-state index contributed by atoms with van der Waals surface area (Å²) in [7, 11) is 0. The molecule has 0 spiro atoms. The maximum atomic E-state index is 12.5. The second kappa shape index (κ2) is 10.1. The van der Waals surface area contributed by atoms with E-state index in [0.29, 0.717) is 40.7 Å². The van der Waals surface area contributed by atoms with Crippen molar-refractivity contribution in [2.45, 2.75) is 12.8 Å². The number of halogens is 1. The number of carbonyl (C=O) groups is 1. The molecular weight excluding hydrogens is 468 g/mol. The molecule has 0 atom stereocenters. The molecule has 0 aliphatic carbocycles. The van der Waals surface area contributed by atoms with Crippen LogP contribution in [0.3, 0.4) is 0 Å². The molecule has 5 rings (SSSR count). The van der Waals surface area contributed by atoms with Crippen molar-refractivity contribution in [2.24, 2.45) is 5.92 Å². The molecule has 1 saturated heterocycles. The number of anilines is 1. The van der Waals surface area contributed by atoms with Crippen LogP contribution in [0.5, 0.6) is 0 Å². The first-order valence-corrected chi connectivity index (χ1v) is 11.5. The molecule has 9 nitrogen and oxygen atoms in total. The van der Waals surface area contributed by atoms with Gasteiger partial charge in [0.15, 0.2) is 11.5 Å². The van der Waals surface area contributed by atoms with Gasteiger partial charge >= 0.3 is 6.09 Å². The summed E-state index contributed by atoms with van der Waals surface area (Å²) >= 11 is 6.46. The van der Waals surface area contributed by atoms with E-state index in [1.807, 2.05) is 42.5 Å². The van der Waals surface area contributed by atoms with E-state index in [1.165, 1.54) is 0 Å². The van der Waals surface area contributed by atoms with Gasteiger partial charge in [0.1, 0.15) is 6.07 Å². The number of nitriles is 1. The van der Waals surface area contributed by atoms with Crippen LogP contribution in [0.25, 0.3) is 33.4 Å². The number of nitrogens with zero attached hydrogens (tertiary/aromatic N) is 4. The molecule has 1 aliphatic rings. The highest BCUT2D eigenvalue weighted by Gasteiger charge is 2.21. The van der Waals surface area contributed by atoms with E-state index in [0.717, 1.165) is 23.8 Å². The number of nitrogens with one attached hydrogen (secondary N) is 2. The Kier molecular flexibility index (Phi) is 6.57. The summed E-state index contributed by atoms with van der Waals surface area (Å²) in [6.45, 7) is 1.60. The molecule has 1 amide bonds. The molecule has 0 saturated carbocycles. The first kappa shape index (κ1) is 22.8. The van der Waals surface area contributed by atoms with Crippen LogP contribution in [-0.2, 0) is 9.47 Å². The Hall–Kier alpha value is -4.00. The van der Waals surface area contributed by atoms with Crippen molar-refractivity contribution in [3.63, 3.8) is 0 Å². The van der Waals surface area contributed by atoms with Crippen molar-refractivity contribution in [3.05, 3.63) is 59.4 Å². The molecule has 176 valence electrons. The number of benzene rings is 2. The molecule has 2 aromatic carbocycles. The lowest BCUT2D eigenvalue weighted by atomic mass is 10.0. The Morgan fingerprint density at radius 3 is 2.71 bits per heavy atom. The Morgan fingerprint density at radius 2 is 1.94 bits per heavy atom. The molecule has 3 heterocycles. The summed E-state index contributed by atoms with van der Waals surface area (Å²) in [5, 5.41) is 20.6. The fourth-order valence-corrected chi connectivity index (χ4v) is 4.26. The van der Waals surface area contributed by atoms with Gasteiger partial charge in [0, 0.05) is 29.7 Å². The van der Waals surface area contributed by atoms with E-state index < -0.39 is 6.09 Å². The van der Waals surface area contributed by atoms with Gasteiger partial charge in [0.05, 0.1) is 34.7 Å². The third-order valence-electron chi connectivity index (χ3n) is 5.83. The van der Waals surface area contributed by atoms with Crippen LogP contribution in [0, 0.1) is 17.2 Å². The molecule has 0 bridgehead atoms. The Labute approximate surface area is 206 Å². The second-order valence-electron chi connectivity index (χ2n) is 8.17. The van der Waals surface area contributed by atoms with Crippen LogP contribution >= 0.6 is 11.6 Å². The molecule has 0 radical (unpaired) electrons. The highest BCUT2D eigenvalue weighted by molar-refractivity contribution is 6.35. The van der Waals surface area contributed by atoms with Gasteiger partial charge in [0.2, 0.25) is 0 Å². The Morgan fingerprint density at radius 1 is 1.17 bits per heavy atom. The van der Waals surface area contributed by atoms with E-state index in [-0.39, 0.29) is 24.0 Å². The van der Waals surface area contributed by atoms with E-state index >= 15 is 0 Å². The van der Waals surface area contributed by atoms with Crippen molar-refractivity contribution in [1.29, 1.82) is 5.26 Å². The minimum Gasteiger partial charge on any atom is -0.449 e. The van der Waals surface area contributed by atoms with Crippen molar-refractivity contribution < 1.29 is 14.3 Å². The lowest BCUT2D eigenvalue weighted by molar-refractivity contribution is 0.0405. The Bertz CT molecular complexity index is 1410. The number of aromatic amines is 1. The van der Waals surface area contributed by atoms with Crippen LogP contribution in [-0.4, -0.2) is 46.1 Å². The van der Waals surface area contributed by atoms with Crippen LogP contribution < -0.4 is 5.32 Å². The first-order chi connectivity index (χ1) is 17.1. The van der Waals surface area contributed by atoms with Gasteiger partial charge in [0.25, 0.3) is 0 Å². The summed E-state index contributed by atoms with van der Waals surface area (Å²) in [6, 6.07) is 15.0. The monoisotopic (exact) mass is 488 g/mol. The summed E-state index contributed by atoms with van der Waals surface area (Å²) in [5.74, 6) is 0.281. The summed E-state index contributed by atoms with van der Waals surface area (Å²) in [6.07, 6.45) is 2.66. The number of hydrogen-bond donors (Lipinski definition) is 2. The number of hydrogen-bond acceptors (Lipinski definition) is 7. The van der Waals surface area contributed by atoms with Crippen LogP contribution in [0.1, 0.15) is 18.5 Å². The van der Waals surface area contributed by atoms with Crippen molar-refractivity contribution in [3.8, 4) is 28.6 Å². The van der Waals surface area contributed by atoms with Crippen LogP contribution in [0.4, 0.5) is 10.6 Å². The highest BCUT2D eigenvalue weighted by Crippen LogP contribution is 2.35. The minimum absolute atomic E-state index is 0.0302. The predicted molar refractivity (Wildman–Crippen MR) is 131 cm³/mol.